The first-order valence-corrected chi connectivity index (χ1v) is 21.8. The SMILES string of the molecule is Cc1ccc(-c2ccc(C)cn2)nc1.Cc1ccc(-c2ccc(C)cn2)nc1.[Ru].c1csc(-c2ccc(-c3ccc(-c4nc5c6cccnc6c6ncccc6c5[nH]4)s3)s2)c1. The summed E-state index contributed by atoms with van der Waals surface area (Å²) >= 11 is 5.38. The van der Waals surface area contributed by atoms with Gasteiger partial charge in [-0.1, -0.05) is 30.3 Å². The zero-order valence-corrected chi connectivity index (χ0v) is 37.8. The number of nitrogens with one attached hydrogen (secondary N) is 1. The van der Waals surface area contributed by atoms with E-state index in [0.29, 0.717) is 0 Å². The second-order valence-electron chi connectivity index (χ2n) is 14.3. The van der Waals surface area contributed by atoms with Gasteiger partial charge in [0.2, 0.25) is 0 Å². The Balaban J connectivity index is 0.000000147. The summed E-state index contributed by atoms with van der Waals surface area (Å²) in [6, 6.07) is 37.3. The van der Waals surface area contributed by atoms with Crippen molar-refractivity contribution in [2.24, 2.45) is 0 Å². The third-order valence-corrected chi connectivity index (χ3v) is 13.1. The molecule has 1 aromatic carbocycles. The maximum Gasteiger partial charge on any atom is 0.148 e. The zero-order valence-electron chi connectivity index (χ0n) is 33.6. The molecule has 12 heteroatoms. The van der Waals surface area contributed by atoms with E-state index in [2.05, 4.69) is 88.8 Å². The summed E-state index contributed by atoms with van der Waals surface area (Å²) in [5.41, 5.74) is 12.1. The molecule has 1 N–H and O–H groups in total. The first-order chi connectivity index (χ1) is 29.4. The Morgan fingerprint density at radius 3 is 1.31 bits per heavy atom. The summed E-state index contributed by atoms with van der Waals surface area (Å²) in [6.45, 7) is 8.11. The van der Waals surface area contributed by atoms with Crippen LogP contribution in [0.3, 0.4) is 0 Å². The predicted octanol–water partition coefficient (Wildman–Crippen LogP) is 13.4. The monoisotopic (exact) mass is 936 g/mol. The van der Waals surface area contributed by atoms with Crippen molar-refractivity contribution in [3.05, 3.63) is 174 Å². The van der Waals surface area contributed by atoms with Gasteiger partial charge >= 0.3 is 0 Å². The molecule has 11 aromatic rings. The normalized spacial score (nSPS) is 10.8. The van der Waals surface area contributed by atoms with Gasteiger partial charge in [0.05, 0.1) is 49.7 Å². The standard InChI is InChI=1S/C25H14N4S3.2C12H12N2.Ru/c1-4-14-21(26-11-1)22-15(5-2-12-27-22)24-23(14)28-25(29-24)20-10-9-19(32-20)18-8-7-17(31-18)16-6-3-13-30-16;2*1-9-3-5-11(13-7-9)12-6-4-10(2)8-14-12;/h1-13H,(H,28,29);2*3-8H,1-2H3;. The van der Waals surface area contributed by atoms with Crippen molar-refractivity contribution in [2.75, 3.05) is 0 Å². The molecule has 10 aromatic heterocycles. The van der Waals surface area contributed by atoms with E-state index in [0.717, 1.165) is 66.3 Å². The minimum atomic E-state index is 0. The quantitative estimate of drug-likeness (QED) is 0.135. The van der Waals surface area contributed by atoms with Gasteiger partial charge in [-0.25, -0.2) is 4.98 Å². The van der Waals surface area contributed by atoms with Gasteiger partial charge in [0.1, 0.15) is 5.82 Å². The summed E-state index contributed by atoms with van der Waals surface area (Å²) in [7, 11) is 0. The Morgan fingerprint density at radius 1 is 0.410 bits per heavy atom. The van der Waals surface area contributed by atoms with Gasteiger partial charge in [-0.2, -0.15) is 0 Å². The van der Waals surface area contributed by atoms with E-state index >= 15 is 0 Å². The van der Waals surface area contributed by atoms with E-state index in [-0.39, 0.29) is 19.5 Å². The second kappa shape index (κ2) is 18.6. The van der Waals surface area contributed by atoms with Crippen molar-refractivity contribution in [2.45, 2.75) is 27.7 Å². The van der Waals surface area contributed by atoms with E-state index in [4.69, 9.17) is 4.98 Å². The maximum absolute atomic E-state index is 5.01. The van der Waals surface area contributed by atoms with Crippen LogP contribution in [0.25, 0.3) is 85.8 Å². The minimum absolute atomic E-state index is 0. The fraction of sp³-hybridized carbons (Fsp3) is 0.0816. The Hall–Kier alpha value is -6.17. The molecule has 0 amide bonds. The van der Waals surface area contributed by atoms with Crippen LogP contribution in [0.4, 0.5) is 0 Å². The van der Waals surface area contributed by atoms with Gasteiger partial charge in [0.25, 0.3) is 0 Å². The number of aromatic nitrogens is 8. The number of hydrogen-bond acceptors (Lipinski definition) is 10. The van der Waals surface area contributed by atoms with Crippen LogP contribution >= 0.6 is 34.0 Å². The molecule has 0 unspecified atom stereocenters. The molecule has 0 fully saturated rings. The molecular formula is C49H38N8RuS3. The van der Waals surface area contributed by atoms with Crippen molar-refractivity contribution in [3.8, 4) is 53.0 Å². The van der Waals surface area contributed by atoms with Crippen LogP contribution in [0, 0.1) is 27.7 Å². The zero-order chi connectivity index (χ0) is 41.0. The van der Waals surface area contributed by atoms with E-state index in [1.165, 1.54) is 41.8 Å². The molecule has 11 rings (SSSR count). The van der Waals surface area contributed by atoms with Crippen molar-refractivity contribution in [1.29, 1.82) is 0 Å². The fourth-order valence-electron chi connectivity index (χ4n) is 6.56. The number of pyridine rings is 6. The molecule has 0 spiro atoms. The molecule has 0 atom stereocenters. The first-order valence-electron chi connectivity index (χ1n) is 19.3. The molecule has 300 valence electrons. The van der Waals surface area contributed by atoms with Gasteiger partial charge in [-0.3, -0.25) is 29.9 Å². The maximum atomic E-state index is 5.01. The molecule has 10 heterocycles. The summed E-state index contributed by atoms with van der Waals surface area (Å²) in [5, 5.41) is 4.19. The van der Waals surface area contributed by atoms with Crippen molar-refractivity contribution >= 4 is 66.8 Å². The van der Waals surface area contributed by atoms with Crippen molar-refractivity contribution in [1.82, 2.24) is 39.9 Å². The van der Waals surface area contributed by atoms with E-state index < -0.39 is 0 Å². The number of aromatic amines is 1. The fourth-order valence-corrected chi connectivity index (χ4v) is 9.44. The Bertz CT molecular complexity index is 2930. The molecule has 8 nitrogen and oxygen atoms in total. The van der Waals surface area contributed by atoms with E-state index in [1.54, 1.807) is 22.7 Å². The van der Waals surface area contributed by atoms with Crippen LogP contribution in [0.1, 0.15) is 22.3 Å². The third kappa shape index (κ3) is 9.28. The Labute approximate surface area is 378 Å². The number of nitrogens with zero attached hydrogens (tertiary/aromatic N) is 7. The molecular weight excluding hydrogens is 898 g/mol. The number of H-pyrrole nitrogens is 1. The molecule has 61 heavy (non-hydrogen) atoms. The van der Waals surface area contributed by atoms with Gasteiger partial charge in [0, 0.05) is 86.9 Å². The predicted molar refractivity (Wildman–Crippen MR) is 251 cm³/mol. The van der Waals surface area contributed by atoms with Crippen LogP contribution < -0.4 is 0 Å². The average Bonchev–Trinajstić information content (AvgIpc) is 4.13. The van der Waals surface area contributed by atoms with E-state index in [9.17, 15) is 0 Å². The smallest absolute Gasteiger partial charge is 0.148 e. The van der Waals surface area contributed by atoms with Gasteiger partial charge < -0.3 is 4.98 Å². The molecule has 0 aliphatic heterocycles. The van der Waals surface area contributed by atoms with Crippen LogP contribution in [0.2, 0.25) is 0 Å². The summed E-state index contributed by atoms with van der Waals surface area (Å²) in [4.78, 5) is 41.3. The first kappa shape index (κ1) is 41.6. The number of hydrogen-bond donors (Lipinski definition) is 1. The summed E-state index contributed by atoms with van der Waals surface area (Å²) in [6.07, 6.45) is 11.1. The van der Waals surface area contributed by atoms with Gasteiger partial charge in [-0.15, -0.1) is 34.0 Å². The third-order valence-electron chi connectivity index (χ3n) is 9.69. The molecule has 0 bridgehead atoms. The topological polar surface area (TPSA) is 106 Å². The van der Waals surface area contributed by atoms with Gasteiger partial charge in [0.15, 0.2) is 0 Å². The number of thiophene rings is 3. The van der Waals surface area contributed by atoms with E-state index in [1.807, 2.05) is 137 Å². The van der Waals surface area contributed by atoms with Crippen LogP contribution in [0.5, 0.6) is 0 Å². The van der Waals surface area contributed by atoms with Gasteiger partial charge in [-0.05, 0) is 134 Å². The average molecular weight is 936 g/mol. The number of aryl methyl sites for hydroxylation is 4. The largest absolute Gasteiger partial charge is 0.337 e. The second-order valence-corrected chi connectivity index (χ2v) is 17.4. The van der Waals surface area contributed by atoms with Crippen LogP contribution in [-0.2, 0) is 19.5 Å². The van der Waals surface area contributed by atoms with Crippen LogP contribution in [0.15, 0.2) is 152 Å². The van der Waals surface area contributed by atoms with Crippen LogP contribution in [-0.4, -0.2) is 39.9 Å². The number of benzene rings is 1. The van der Waals surface area contributed by atoms with Crippen molar-refractivity contribution in [3.63, 3.8) is 0 Å². The van der Waals surface area contributed by atoms with Crippen molar-refractivity contribution < 1.29 is 19.5 Å². The molecule has 0 aliphatic carbocycles. The minimum Gasteiger partial charge on any atom is -0.337 e. The number of fused-ring (bicyclic) bond motifs is 6. The molecule has 0 aliphatic rings. The summed E-state index contributed by atoms with van der Waals surface area (Å²) in [5.74, 6) is 0.882. The molecule has 0 radical (unpaired) electrons. The summed E-state index contributed by atoms with van der Waals surface area (Å²) < 4.78 is 0. The number of rotatable bonds is 5. The molecule has 0 saturated heterocycles. The number of imidazole rings is 1. The molecule has 0 saturated carbocycles. The Kier molecular flexibility index (Phi) is 12.7. The Morgan fingerprint density at radius 2 is 0.852 bits per heavy atom.